The number of hydrogen-bond acceptors (Lipinski definition) is 8. The first kappa shape index (κ1) is 28.5. The molecule has 14 heteroatoms. The fourth-order valence-electron chi connectivity index (χ4n) is 1.80. The summed E-state index contributed by atoms with van der Waals surface area (Å²) < 4.78 is 23.4. The third-order valence-electron chi connectivity index (χ3n) is 2.58. The summed E-state index contributed by atoms with van der Waals surface area (Å²) in [6.45, 7) is -0.211. The van der Waals surface area contributed by atoms with Crippen LogP contribution >= 0.6 is 19.6 Å². The second-order valence-electron chi connectivity index (χ2n) is 3.56. The number of rotatable bonds is 5. The maximum atomic E-state index is 9.46. The van der Waals surface area contributed by atoms with Crippen molar-refractivity contribution in [3.05, 3.63) is 0 Å². The summed E-state index contributed by atoms with van der Waals surface area (Å²) in [6.07, 6.45) is 2.81. The Kier molecular flexibility index (Phi) is 22.6. The van der Waals surface area contributed by atoms with Gasteiger partial charge < -0.3 is 0 Å². The Labute approximate surface area is 199 Å². The van der Waals surface area contributed by atoms with E-state index >= 15 is 0 Å². The van der Waals surface area contributed by atoms with E-state index in [0.29, 0.717) is 22.0 Å². The Hall–Kier alpha value is 4.34. The van der Waals surface area contributed by atoms with Gasteiger partial charge in [0.2, 0.25) is 0 Å². The van der Waals surface area contributed by atoms with E-state index in [1.54, 1.807) is 0 Å². The number of aliphatic hydroxyl groups excluding tert-OH is 1. The number of thiol groups is 2. The Balaban J connectivity index is 0. The number of terminal acetylenes is 1. The molecule has 0 amide bonds. The van der Waals surface area contributed by atoms with Crippen LogP contribution in [-0.2, 0) is 49.6 Å². The van der Waals surface area contributed by atoms with E-state index in [4.69, 9.17) is 34.0 Å². The van der Waals surface area contributed by atoms with E-state index in [1.165, 1.54) is 0 Å². The summed E-state index contributed by atoms with van der Waals surface area (Å²) in [5, 5.41) is 9.46. The zero-order valence-electron chi connectivity index (χ0n) is 11.1. The van der Waals surface area contributed by atoms with Gasteiger partial charge in [-0.25, -0.2) is 0 Å². The summed E-state index contributed by atoms with van der Waals surface area (Å²) in [7, 11) is 8.06. The molecule has 1 aliphatic rings. The number of aliphatic hydroxyl groups is 1. The molecule has 0 aromatic heterocycles. The molecular formula is C8H11O5P3S3Tl3-. The molecule has 1 fully saturated rings. The van der Waals surface area contributed by atoms with E-state index in [2.05, 4.69) is 21.5 Å². The molecule has 0 bridgehead atoms. The summed E-state index contributed by atoms with van der Waals surface area (Å²) in [5.41, 5.74) is 0. The van der Waals surface area contributed by atoms with Crippen LogP contribution in [0, 0.1) is 12.3 Å². The van der Waals surface area contributed by atoms with Gasteiger partial charge >= 0.3 is 147 Å². The van der Waals surface area contributed by atoms with E-state index in [9.17, 15) is 5.11 Å². The van der Waals surface area contributed by atoms with Gasteiger partial charge in [0.25, 0.3) is 0 Å². The minimum atomic E-state index is -1.53. The van der Waals surface area contributed by atoms with Crippen molar-refractivity contribution < 1.29 is 20.9 Å². The third-order valence-corrected chi connectivity index (χ3v) is 9.94. The molecule has 1 heterocycles. The molecule has 1 aliphatic heterocycles. The average molecular weight is 989 g/mol. The molecule has 116 valence electrons. The predicted molar refractivity (Wildman–Crippen MR) is 102 cm³/mol. The minimum Gasteiger partial charge on any atom is 0 e. The second-order valence-corrected chi connectivity index (χ2v) is 17.2. The summed E-state index contributed by atoms with van der Waals surface area (Å²) >= 11 is 4.23. The van der Waals surface area contributed by atoms with E-state index in [1.807, 2.05) is 0 Å². The molecule has 2 radical (unpaired) electrons. The monoisotopic (exact) mass is 991 g/mol. The van der Waals surface area contributed by atoms with E-state index in [-0.39, 0.29) is 61.2 Å². The van der Waals surface area contributed by atoms with Crippen LogP contribution in [0.25, 0.3) is 0 Å². The maximum absolute atomic E-state index is 9.46. The first-order chi connectivity index (χ1) is 9.73. The summed E-state index contributed by atoms with van der Waals surface area (Å²) in [6, 6.07) is 0. The molecular weight excluding hydrogens is 978 g/mol. The smallest absolute Gasteiger partial charge is 0 e. The topological polar surface area (TPSA) is 57.2 Å². The summed E-state index contributed by atoms with van der Waals surface area (Å²) in [5.74, 6) is 2.50. The van der Waals surface area contributed by atoms with Gasteiger partial charge in [0.1, 0.15) is 0 Å². The minimum absolute atomic E-state index is 0. The number of hydrogen-bond donors (Lipinski definition) is 1. The Bertz CT molecular complexity index is 518. The molecule has 0 aromatic carbocycles. The van der Waals surface area contributed by atoms with Crippen molar-refractivity contribution >= 4 is 132 Å². The van der Waals surface area contributed by atoms with Crippen molar-refractivity contribution in [1.82, 2.24) is 0 Å². The molecule has 1 N–H and O–H groups in total. The van der Waals surface area contributed by atoms with Crippen molar-refractivity contribution in [2.24, 2.45) is 0 Å². The van der Waals surface area contributed by atoms with Gasteiger partial charge in [0.05, 0.1) is 0 Å². The Morgan fingerprint density at radius 3 is 2.32 bits per heavy atom. The fraction of sp³-hybridized carbons (Fsp3) is 0.750. The van der Waals surface area contributed by atoms with E-state index < -0.39 is 54.1 Å². The largest absolute Gasteiger partial charge is 0 e. The van der Waals surface area contributed by atoms with E-state index in [0.717, 1.165) is 4.00 Å². The van der Waals surface area contributed by atoms with Crippen molar-refractivity contribution in [3.8, 4) is 12.3 Å². The molecule has 5 nitrogen and oxygen atoms in total. The Morgan fingerprint density at radius 2 is 1.86 bits per heavy atom. The molecule has 1 rings (SSSR count). The molecule has 5 atom stereocenters. The molecule has 0 spiro atoms. The third kappa shape index (κ3) is 9.02. The molecule has 22 heavy (non-hydrogen) atoms. The van der Waals surface area contributed by atoms with Crippen molar-refractivity contribution in [2.45, 2.75) is 30.5 Å². The number of ether oxygens (including phenoxy) is 1. The standard InChI is InChI=1S/C8H11O5P2S2.PS.3Tl/c1-2-4-7(12-16-14)8(13-17-15)6(10)5(3-9)11-4;1-2;;;/h1,4-9,16-17H,3H2;;;;/q-3;-1;;;+3/t4-,5-,6-,7-,8+;;;;/m1..../s1. The van der Waals surface area contributed by atoms with Crippen LogP contribution in [-0.4, -0.2) is 120 Å². The van der Waals surface area contributed by atoms with Crippen LogP contribution < -0.4 is 0 Å². The van der Waals surface area contributed by atoms with Crippen molar-refractivity contribution in [3.63, 3.8) is 0 Å². The molecule has 0 saturated carbocycles. The zero-order valence-corrected chi connectivity index (χ0v) is 29.9. The van der Waals surface area contributed by atoms with Crippen molar-refractivity contribution in [2.75, 3.05) is 6.61 Å². The first-order valence-corrected chi connectivity index (χ1v) is 19.0. The van der Waals surface area contributed by atoms with Crippen LogP contribution in [0.2, 0.25) is 0 Å². The van der Waals surface area contributed by atoms with Crippen LogP contribution in [0.5, 0.6) is 0 Å². The molecule has 0 aliphatic carbocycles. The Morgan fingerprint density at radius 1 is 1.27 bits per heavy atom. The van der Waals surface area contributed by atoms with Crippen LogP contribution in [0.4, 0.5) is 0 Å². The van der Waals surface area contributed by atoms with Gasteiger partial charge in [0, 0.05) is 54.6 Å². The predicted octanol–water partition coefficient (Wildman–Crippen LogP) is -0.174. The van der Waals surface area contributed by atoms with Gasteiger partial charge in [-0.05, 0) is 0 Å². The van der Waals surface area contributed by atoms with Crippen LogP contribution in [0.15, 0.2) is 0 Å². The van der Waals surface area contributed by atoms with Gasteiger partial charge in [-0.15, -0.1) is 0 Å². The molecule has 0 aromatic rings. The quantitative estimate of drug-likeness (QED) is 0.136. The summed E-state index contributed by atoms with van der Waals surface area (Å²) in [4.78, 5) is 0. The fourth-order valence-corrected chi connectivity index (χ4v) is 8.14. The average Bonchev–Trinajstić information content (AvgIpc) is 2.47. The van der Waals surface area contributed by atoms with Gasteiger partial charge in [-0.3, -0.25) is 0 Å². The maximum Gasteiger partial charge on any atom is 0 e. The van der Waals surface area contributed by atoms with Gasteiger partial charge in [-0.1, -0.05) is 0 Å². The van der Waals surface area contributed by atoms with Crippen LogP contribution in [0.3, 0.4) is 0 Å². The SMILES string of the molecule is C#C[C@H]1O[C@H](CO)[C@@H]([O][Tl]=[P+]=S)[C@H](O[SH-]#P)[C@@H]1O[SH-]#P.[Tl].[Tl]. The first-order valence-electron chi connectivity index (χ1n) is 5.26. The van der Waals surface area contributed by atoms with Gasteiger partial charge in [0.15, 0.2) is 0 Å². The molecule has 0 unspecified atom stereocenters. The van der Waals surface area contributed by atoms with Crippen LogP contribution in [0.1, 0.15) is 0 Å². The van der Waals surface area contributed by atoms with Gasteiger partial charge in [-0.2, -0.15) is 0 Å². The normalized spacial score (nSPS) is 30.0. The zero-order chi connectivity index (χ0) is 15.0. The molecule has 1 saturated heterocycles. The second kappa shape index (κ2) is 17.4. The van der Waals surface area contributed by atoms with Crippen molar-refractivity contribution in [1.29, 1.82) is 0 Å².